The van der Waals surface area contributed by atoms with Crippen molar-refractivity contribution >= 4 is 33.4 Å². The summed E-state index contributed by atoms with van der Waals surface area (Å²) < 4.78 is 0.938. The minimum atomic E-state index is 0.0995. The first kappa shape index (κ1) is 10.6. The summed E-state index contributed by atoms with van der Waals surface area (Å²) in [6.07, 6.45) is 2.26. The summed E-state index contributed by atoms with van der Waals surface area (Å²) in [6.45, 7) is 2.07. The molecule has 0 N–H and O–H groups in total. The van der Waals surface area contributed by atoms with Crippen molar-refractivity contribution in [3.63, 3.8) is 0 Å². The first-order valence-electron chi connectivity index (χ1n) is 5.41. The molecule has 1 aromatic carbocycles. The van der Waals surface area contributed by atoms with E-state index in [0.29, 0.717) is 16.6 Å². The summed E-state index contributed by atoms with van der Waals surface area (Å²) in [4.78, 5) is 14.2. The van der Waals surface area contributed by atoms with Crippen LogP contribution >= 0.6 is 27.5 Å². The molecule has 1 atom stereocenters. The van der Waals surface area contributed by atoms with Crippen LogP contribution in [-0.2, 0) is 0 Å². The topological polar surface area (TPSA) is 20.3 Å². The lowest BCUT2D eigenvalue weighted by atomic mass is 10.1. The van der Waals surface area contributed by atoms with Gasteiger partial charge in [0.15, 0.2) is 0 Å². The number of hydrogen-bond acceptors (Lipinski definition) is 1. The lowest BCUT2D eigenvalue weighted by Gasteiger charge is -2.21. The Labute approximate surface area is 108 Å². The highest BCUT2D eigenvalue weighted by Gasteiger charge is 2.43. The Hall–Kier alpha value is -0.540. The molecular weight excluding hydrogens is 289 g/mol. The third-order valence-corrected chi connectivity index (χ3v) is 4.10. The number of hydrogen-bond donors (Lipinski definition) is 0. The summed E-state index contributed by atoms with van der Waals surface area (Å²) in [5.41, 5.74) is 1.75. The average molecular weight is 301 g/mol. The second kappa shape index (κ2) is 3.47. The lowest BCUT2D eigenvalue weighted by Crippen LogP contribution is -2.28. The summed E-state index contributed by atoms with van der Waals surface area (Å²) in [6, 6.07) is 4.39. The van der Waals surface area contributed by atoms with Gasteiger partial charge in [0.1, 0.15) is 0 Å². The molecular formula is C12H11BrClNO. The fourth-order valence-electron chi connectivity index (χ4n) is 2.44. The van der Waals surface area contributed by atoms with Crippen LogP contribution in [0.2, 0.25) is 5.02 Å². The maximum absolute atomic E-state index is 12.2. The van der Waals surface area contributed by atoms with E-state index in [9.17, 15) is 4.79 Å². The Bertz CT molecular complexity index is 484. The van der Waals surface area contributed by atoms with Crippen LogP contribution in [0.15, 0.2) is 16.6 Å². The van der Waals surface area contributed by atoms with E-state index >= 15 is 0 Å². The van der Waals surface area contributed by atoms with E-state index in [2.05, 4.69) is 22.9 Å². The van der Waals surface area contributed by atoms with Gasteiger partial charge in [-0.2, -0.15) is 0 Å². The van der Waals surface area contributed by atoms with Gasteiger partial charge in [-0.1, -0.05) is 27.5 Å². The molecule has 0 bridgehead atoms. The minimum absolute atomic E-state index is 0.0995. The highest BCUT2D eigenvalue weighted by molar-refractivity contribution is 9.10. The van der Waals surface area contributed by atoms with Crippen LogP contribution in [0.3, 0.4) is 0 Å². The lowest BCUT2D eigenvalue weighted by molar-refractivity contribution is 0.0723. The van der Waals surface area contributed by atoms with Crippen molar-refractivity contribution in [3.05, 3.63) is 32.8 Å². The Kier molecular flexibility index (Phi) is 2.30. The van der Waals surface area contributed by atoms with E-state index in [-0.39, 0.29) is 11.9 Å². The van der Waals surface area contributed by atoms with Gasteiger partial charge in [0.25, 0.3) is 5.91 Å². The van der Waals surface area contributed by atoms with Crippen molar-refractivity contribution < 1.29 is 4.79 Å². The summed E-state index contributed by atoms with van der Waals surface area (Å²) in [5.74, 6) is 0.0995. The van der Waals surface area contributed by atoms with Crippen LogP contribution in [0.1, 0.15) is 41.7 Å². The van der Waals surface area contributed by atoms with Crippen molar-refractivity contribution in [2.24, 2.45) is 0 Å². The van der Waals surface area contributed by atoms with Crippen molar-refractivity contribution in [1.29, 1.82) is 0 Å². The molecule has 2 aliphatic rings. The Balaban J connectivity index is 2.14. The van der Waals surface area contributed by atoms with Crippen LogP contribution in [0, 0.1) is 0 Å². The van der Waals surface area contributed by atoms with E-state index in [1.807, 2.05) is 11.0 Å². The van der Waals surface area contributed by atoms with Crippen molar-refractivity contribution in [1.82, 2.24) is 4.90 Å². The van der Waals surface area contributed by atoms with E-state index < -0.39 is 0 Å². The highest BCUT2D eigenvalue weighted by Crippen LogP contribution is 2.44. The SMILES string of the molecule is CC1c2cc(Br)cc(Cl)c2C(=O)N1C1CC1. The molecule has 1 aliphatic heterocycles. The van der Waals surface area contributed by atoms with Crippen LogP contribution in [-0.4, -0.2) is 16.8 Å². The number of carbonyl (C=O) groups is 1. The largest absolute Gasteiger partial charge is 0.329 e. The maximum Gasteiger partial charge on any atom is 0.256 e. The van der Waals surface area contributed by atoms with Crippen LogP contribution in [0.5, 0.6) is 0 Å². The second-order valence-corrected chi connectivity index (χ2v) is 5.79. The molecule has 1 heterocycles. The molecule has 1 fully saturated rings. The number of amides is 1. The zero-order valence-electron chi connectivity index (χ0n) is 8.84. The molecule has 3 rings (SSSR count). The van der Waals surface area contributed by atoms with Gasteiger partial charge in [-0.3, -0.25) is 4.79 Å². The molecule has 1 amide bonds. The number of benzene rings is 1. The molecule has 1 saturated carbocycles. The van der Waals surface area contributed by atoms with Gasteiger partial charge < -0.3 is 4.90 Å². The van der Waals surface area contributed by atoms with E-state index in [1.165, 1.54) is 0 Å². The normalized spacial score (nSPS) is 23.8. The number of halogens is 2. The van der Waals surface area contributed by atoms with Gasteiger partial charge in [0.05, 0.1) is 16.6 Å². The second-order valence-electron chi connectivity index (χ2n) is 4.47. The number of carbonyl (C=O) groups excluding carboxylic acids is 1. The maximum atomic E-state index is 12.2. The third kappa shape index (κ3) is 1.41. The minimum Gasteiger partial charge on any atom is -0.329 e. The van der Waals surface area contributed by atoms with Crippen LogP contribution in [0.25, 0.3) is 0 Å². The van der Waals surface area contributed by atoms with Crippen molar-refractivity contribution in [2.75, 3.05) is 0 Å². The van der Waals surface area contributed by atoms with Crippen LogP contribution < -0.4 is 0 Å². The zero-order valence-corrected chi connectivity index (χ0v) is 11.2. The smallest absolute Gasteiger partial charge is 0.256 e. The van der Waals surface area contributed by atoms with Crippen molar-refractivity contribution in [3.8, 4) is 0 Å². The predicted octanol–water partition coefficient (Wildman–Crippen LogP) is 3.78. The molecule has 0 aromatic heterocycles. The number of nitrogens with zero attached hydrogens (tertiary/aromatic N) is 1. The molecule has 1 aliphatic carbocycles. The predicted molar refractivity (Wildman–Crippen MR) is 66.8 cm³/mol. The van der Waals surface area contributed by atoms with Gasteiger partial charge in [0, 0.05) is 10.5 Å². The first-order valence-corrected chi connectivity index (χ1v) is 6.58. The molecule has 4 heteroatoms. The summed E-state index contributed by atoms with van der Waals surface area (Å²) >= 11 is 9.57. The molecule has 84 valence electrons. The molecule has 16 heavy (non-hydrogen) atoms. The van der Waals surface area contributed by atoms with E-state index in [0.717, 1.165) is 22.9 Å². The van der Waals surface area contributed by atoms with Gasteiger partial charge in [-0.15, -0.1) is 0 Å². The molecule has 0 spiro atoms. The van der Waals surface area contributed by atoms with Gasteiger partial charge in [0.2, 0.25) is 0 Å². The Morgan fingerprint density at radius 3 is 2.75 bits per heavy atom. The molecule has 1 unspecified atom stereocenters. The molecule has 1 aromatic rings. The van der Waals surface area contributed by atoms with Crippen molar-refractivity contribution in [2.45, 2.75) is 31.8 Å². The highest BCUT2D eigenvalue weighted by atomic mass is 79.9. The Morgan fingerprint density at radius 1 is 1.44 bits per heavy atom. The standard InChI is InChI=1S/C12H11BrClNO/c1-6-9-4-7(13)5-10(14)11(9)12(16)15(6)8-2-3-8/h4-6,8H,2-3H2,1H3. The Morgan fingerprint density at radius 2 is 2.12 bits per heavy atom. The fraction of sp³-hybridized carbons (Fsp3) is 0.417. The quantitative estimate of drug-likeness (QED) is 0.773. The first-order chi connectivity index (χ1) is 7.59. The van der Waals surface area contributed by atoms with Crippen LogP contribution in [0.4, 0.5) is 0 Å². The van der Waals surface area contributed by atoms with Gasteiger partial charge in [-0.05, 0) is 37.5 Å². The number of rotatable bonds is 1. The van der Waals surface area contributed by atoms with E-state index in [4.69, 9.17) is 11.6 Å². The zero-order chi connectivity index (χ0) is 11.4. The van der Waals surface area contributed by atoms with E-state index in [1.54, 1.807) is 6.07 Å². The third-order valence-electron chi connectivity index (χ3n) is 3.34. The number of fused-ring (bicyclic) bond motifs is 1. The molecule has 2 nitrogen and oxygen atoms in total. The summed E-state index contributed by atoms with van der Waals surface area (Å²) in [5, 5.41) is 0.560. The molecule has 0 radical (unpaired) electrons. The van der Waals surface area contributed by atoms with Gasteiger partial charge in [-0.25, -0.2) is 0 Å². The monoisotopic (exact) mass is 299 g/mol. The summed E-state index contributed by atoms with van der Waals surface area (Å²) in [7, 11) is 0. The fourth-order valence-corrected chi connectivity index (χ4v) is 3.35. The van der Waals surface area contributed by atoms with Gasteiger partial charge >= 0.3 is 0 Å². The average Bonchev–Trinajstić information content (AvgIpc) is 2.97. The molecule has 0 saturated heterocycles.